The largest absolute Gasteiger partial charge is 0.477 e. The van der Waals surface area contributed by atoms with Gasteiger partial charge in [0.1, 0.15) is 17.3 Å². The van der Waals surface area contributed by atoms with Crippen LogP contribution in [0.3, 0.4) is 0 Å². The predicted molar refractivity (Wildman–Crippen MR) is 73.3 cm³/mol. The van der Waals surface area contributed by atoms with Crippen LogP contribution in [0.5, 0.6) is 5.88 Å². The lowest BCUT2D eigenvalue weighted by Crippen LogP contribution is -2.03. The van der Waals surface area contributed by atoms with Crippen molar-refractivity contribution < 1.29 is 13.6 Å². The van der Waals surface area contributed by atoms with Crippen LogP contribution in [0.4, 0.5) is 0 Å². The quantitative estimate of drug-likeness (QED) is 0.729. The monoisotopic (exact) mass is 281 g/mol. The van der Waals surface area contributed by atoms with E-state index in [-0.39, 0.29) is 11.4 Å². The van der Waals surface area contributed by atoms with E-state index in [9.17, 15) is 5.26 Å². The van der Waals surface area contributed by atoms with Crippen LogP contribution in [0.1, 0.15) is 12.5 Å². The highest BCUT2D eigenvalue weighted by Crippen LogP contribution is 2.30. The van der Waals surface area contributed by atoms with E-state index >= 15 is 0 Å². The van der Waals surface area contributed by atoms with Gasteiger partial charge >= 0.3 is 0 Å². The lowest BCUT2D eigenvalue weighted by Gasteiger charge is -2.08. The molecule has 0 aliphatic heterocycles. The highest BCUT2D eigenvalue weighted by atomic mass is 16.5. The van der Waals surface area contributed by atoms with Gasteiger partial charge in [-0.15, -0.1) is 0 Å². The van der Waals surface area contributed by atoms with Gasteiger partial charge in [-0.3, -0.25) is 0 Å². The highest BCUT2D eigenvalue weighted by Gasteiger charge is 2.20. The highest BCUT2D eigenvalue weighted by molar-refractivity contribution is 5.67. The Labute approximate surface area is 120 Å². The summed E-state index contributed by atoms with van der Waals surface area (Å²) in [6.07, 6.45) is 3.05. The number of hydrogen-bond acceptors (Lipinski definition) is 6. The Morgan fingerprint density at radius 3 is 2.43 bits per heavy atom. The second-order valence-corrected chi connectivity index (χ2v) is 4.08. The lowest BCUT2D eigenvalue weighted by molar-refractivity contribution is 0.325. The molecule has 0 amide bonds. The number of furan rings is 2. The lowest BCUT2D eigenvalue weighted by atomic mass is 10.2. The molecule has 3 aromatic rings. The average molecular weight is 281 g/mol. The Bertz CT molecular complexity index is 771. The van der Waals surface area contributed by atoms with E-state index in [0.717, 1.165) is 0 Å². The first-order chi connectivity index (χ1) is 10.3. The van der Waals surface area contributed by atoms with Gasteiger partial charge in [0, 0.05) is 0 Å². The Hall–Kier alpha value is -3.07. The molecule has 0 N–H and O–H groups in total. The first-order valence-corrected chi connectivity index (χ1v) is 6.36. The maximum Gasteiger partial charge on any atom is 0.236 e. The summed E-state index contributed by atoms with van der Waals surface area (Å²) in [4.78, 5) is 8.63. The van der Waals surface area contributed by atoms with Crippen LogP contribution >= 0.6 is 0 Å². The first kappa shape index (κ1) is 12.9. The van der Waals surface area contributed by atoms with Crippen molar-refractivity contribution in [1.82, 2.24) is 9.97 Å². The Balaban J connectivity index is 2.24. The zero-order valence-electron chi connectivity index (χ0n) is 11.2. The molecule has 21 heavy (non-hydrogen) atoms. The molecule has 3 rings (SSSR count). The van der Waals surface area contributed by atoms with E-state index < -0.39 is 0 Å². The van der Waals surface area contributed by atoms with Gasteiger partial charge in [-0.2, -0.15) is 10.2 Å². The molecule has 0 bridgehead atoms. The van der Waals surface area contributed by atoms with E-state index in [1.807, 2.05) is 6.92 Å². The van der Waals surface area contributed by atoms with Crippen molar-refractivity contribution in [2.75, 3.05) is 6.61 Å². The number of ether oxygens (including phenoxy) is 1. The molecule has 0 aromatic carbocycles. The fraction of sp³-hybridized carbons (Fsp3) is 0.133. The maximum absolute atomic E-state index is 9.37. The topological polar surface area (TPSA) is 85.1 Å². The molecular weight excluding hydrogens is 270 g/mol. The van der Waals surface area contributed by atoms with Gasteiger partial charge in [0.25, 0.3) is 0 Å². The predicted octanol–water partition coefficient (Wildman–Crippen LogP) is 3.27. The van der Waals surface area contributed by atoms with Crippen molar-refractivity contribution in [3.8, 4) is 35.0 Å². The number of hydrogen-bond donors (Lipinski definition) is 0. The molecule has 0 atom stereocenters. The number of rotatable bonds is 4. The number of nitrogens with zero attached hydrogens (tertiary/aromatic N) is 3. The van der Waals surface area contributed by atoms with Gasteiger partial charge in [-0.25, -0.2) is 4.98 Å². The second kappa shape index (κ2) is 5.51. The molecule has 3 aromatic heterocycles. The van der Waals surface area contributed by atoms with Gasteiger partial charge < -0.3 is 13.6 Å². The molecule has 0 spiro atoms. The minimum atomic E-state index is 0.216. The molecule has 3 heterocycles. The first-order valence-electron chi connectivity index (χ1n) is 6.36. The minimum absolute atomic E-state index is 0.216. The summed E-state index contributed by atoms with van der Waals surface area (Å²) < 4.78 is 16.1. The molecule has 0 aliphatic carbocycles. The van der Waals surface area contributed by atoms with Crippen molar-refractivity contribution in [3.05, 3.63) is 42.4 Å². The van der Waals surface area contributed by atoms with Crippen LogP contribution in [-0.2, 0) is 0 Å². The summed E-state index contributed by atoms with van der Waals surface area (Å²) in [5.41, 5.74) is 0.620. The van der Waals surface area contributed by atoms with Crippen molar-refractivity contribution in [2.45, 2.75) is 6.92 Å². The average Bonchev–Trinajstić information content (AvgIpc) is 3.20. The van der Waals surface area contributed by atoms with Crippen molar-refractivity contribution in [1.29, 1.82) is 5.26 Å². The third-order valence-electron chi connectivity index (χ3n) is 2.76. The second-order valence-electron chi connectivity index (χ2n) is 4.08. The fourth-order valence-electron chi connectivity index (χ4n) is 1.89. The van der Waals surface area contributed by atoms with Gasteiger partial charge in [0.05, 0.1) is 19.1 Å². The maximum atomic E-state index is 9.37. The van der Waals surface area contributed by atoms with Crippen LogP contribution in [0.2, 0.25) is 0 Å². The Morgan fingerprint density at radius 1 is 1.14 bits per heavy atom. The van der Waals surface area contributed by atoms with Crippen LogP contribution < -0.4 is 4.74 Å². The molecular formula is C15H11N3O3. The van der Waals surface area contributed by atoms with Crippen molar-refractivity contribution in [2.24, 2.45) is 0 Å². The number of nitriles is 1. The van der Waals surface area contributed by atoms with Crippen molar-refractivity contribution >= 4 is 0 Å². The standard InChI is InChI=1S/C15H11N3O3/c1-2-19-15-10(9-16)13(11-5-3-7-20-11)17-14(18-15)12-6-4-8-21-12/h3-8H,2H2,1H3. The van der Waals surface area contributed by atoms with E-state index in [1.165, 1.54) is 12.5 Å². The third kappa shape index (κ3) is 2.37. The van der Waals surface area contributed by atoms with Gasteiger partial charge in [0.15, 0.2) is 17.3 Å². The van der Waals surface area contributed by atoms with Crippen LogP contribution in [0, 0.1) is 11.3 Å². The van der Waals surface area contributed by atoms with Gasteiger partial charge in [-0.05, 0) is 31.2 Å². The molecule has 104 valence electrons. The molecule has 6 heteroatoms. The molecule has 0 fully saturated rings. The zero-order valence-corrected chi connectivity index (χ0v) is 11.2. The summed E-state index contributed by atoms with van der Waals surface area (Å²) in [5, 5.41) is 9.37. The third-order valence-corrected chi connectivity index (χ3v) is 2.76. The number of aromatic nitrogens is 2. The molecule has 0 saturated carbocycles. The van der Waals surface area contributed by atoms with Crippen LogP contribution in [0.25, 0.3) is 23.0 Å². The normalized spacial score (nSPS) is 10.3. The van der Waals surface area contributed by atoms with E-state index in [1.54, 1.807) is 24.3 Å². The zero-order chi connectivity index (χ0) is 14.7. The minimum Gasteiger partial charge on any atom is -0.477 e. The SMILES string of the molecule is CCOc1nc(-c2ccco2)nc(-c2ccco2)c1C#N. The van der Waals surface area contributed by atoms with E-state index in [4.69, 9.17) is 13.6 Å². The summed E-state index contributed by atoms with van der Waals surface area (Å²) in [5.74, 6) is 1.53. The molecule has 0 radical (unpaired) electrons. The van der Waals surface area contributed by atoms with Gasteiger partial charge in [0.2, 0.25) is 5.88 Å². The van der Waals surface area contributed by atoms with Crippen LogP contribution in [0.15, 0.2) is 45.6 Å². The van der Waals surface area contributed by atoms with Gasteiger partial charge in [-0.1, -0.05) is 0 Å². The smallest absolute Gasteiger partial charge is 0.236 e. The molecule has 6 nitrogen and oxygen atoms in total. The summed E-state index contributed by atoms with van der Waals surface area (Å²) >= 11 is 0. The molecule has 0 saturated heterocycles. The van der Waals surface area contributed by atoms with E-state index in [0.29, 0.717) is 29.6 Å². The molecule has 0 unspecified atom stereocenters. The Morgan fingerprint density at radius 2 is 1.86 bits per heavy atom. The Kier molecular flexibility index (Phi) is 3.39. The molecule has 0 aliphatic rings. The fourth-order valence-corrected chi connectivity index (χ4v) is 1.89. The summed E-state index contributed by atoms with van der Waals surface area (Å²) in [7, 11) is 0. The summed E-state index contributed by atoms with van der Waals surface area (Å²) in [6, 6.07) is 9.00. The van der Waals surface area contributed by atoms with Crippen LogP contribution in [-0.4, -0.2) is 16.6 Å². The summed E-state index contributed by atoms with van der Waals surface area (Å²) in [6.45, 7) is 2.21. The van der Waals surface area contributed by atoms with Crippen molar-refractivity contribution in [3.63, 3.8) is 0 Å². The van der Waals surface area contributed by atoms with E-state index in [2.05, 4.69) is 16.0 Å².